The predicted molar refractivity (Wildman–Crippen MR) is 61.3 cm³/mol. The first-order valence-corrected chi connectivity index (χ1v) is 5.27. The molecule has 0 aliphatic carbocycles. The minimum atomic E-state index is 0.186. The molecule has 1 aromatic rings. The van der Waals surface area contributed by atoms with Gasteiger partial charge in [-0.05, 0) is 29.2 Å². The van der Waals surface area contributed by atoms with Crippen LogP contribution in [0.25, 0.3) is 0 Å². The molecule has 3 heteroatoms. The third kappa shape index (κ3) is 3.33. The highest BCUT2D eigenvalue weighted by molar-refractivity contribution is 6.30. The van der Waals surface area contributed by atoms with Gasteiger partial charge in [0.15, 0.2) is 0 Å². The molecule has 82 valence electrons. The number of hydrogen-bond donors (Lipinski definition) is 0. The Morgan fingerprint density at radius 3 is 2.87 bits per heavy atom. The van der Waals surface area contributed by atoms with Crippen molar-refractivity contribution in [1.29, 1.82) is 0 Å². The average Bonchev–Trinajstić information content (AvgIpc) is 2.21. The number of hydrogen-bond acceptors (Lipinski definition) is 2. The van der Waals surface area contributed by atoms with Crippen molar-refractivity contribution in [3.63, 3.8) is 0 Å². The Morgan fingerprint density at radius 2 is 2.27 bits per heavy atom. The van der Waals surface area contributed by atoms with Crippen LogP contribution in [0.2, 0.25) is 5.02 Å². The van der Waals surface area contributed by atoms with Gasteiger partial charge in [-0.2, -0.15) is 0 Å². The zero-order valence-electron chi connectivity index (χ0n) is 9.00. The minimum absolute atomic E-state index is 0.186. The predicted octanol–water partition coefficient (Wildman–Crippen LogP) is 3.18. The number of rotatable bonds is 5. The van der Waals surface area contributed by atoms with Gasteiger partial charge in [0, 0.05) is 18.6 Å². The lowest BCUT2D eigenvalue weighted by Gasteiger charge is -2.14. The third-order valence-electron chi connectivity index (χ3n) is 2.39. The lowest BCUT2D eigenvalue weighted by atomic mass is 9.94. The summed E-state index contributed by atoms with van der Waals surface area (Å²) in [5.41, 5.74) is 2.19. The normalized spacial score (nSPS) is 12.5. The maximum absolute atomic E-state index is 10.5. The van der Waals surface area contributed by atoms with Crippen molar-refractivity contribution in [2.75, 3.05) is 7.11 Å². The Morgan fingerprint density at radius 1 is 1.53 bits per heavy atom. The molecule has 0 N–H and O–H groups in total. The molecule has 0 saturated carbocycles. The van der Waals surface area contributed by atoms with Crippen molar-refractivity contribution >= 4 is 17.9 Å². The Labute approximate surface area is 95.2 Å². The summed E-state index contributed by atoms with van der Waals surface area (Å²) in [6, 6.07) is 5.69. The van der Waals surface area contributed by atoms with Crippen LogP contribution < -0.4 is 0 Å². The fraction of sp³-hybridized carbons (Fsp3) is 0.417. The van der Waals surface area contributed by atoms with Gasteiger partial charge in [-0.1, -0.05) is 24.6 Å². The van der Waals surface area contributed by atoms with Crippen LogP contribution in [-0.2, 0) is 16.1 Å². The van der Waals surface area contributed by atoms with Gasteiger partial charge in [-0.3, -0.25) is 0 Å². The number of methoxy groups -OCH3 is 1. The Hall–Kier alpha value is -0.860. The molecular weight excluding hydrogens is 212 g/mol. The number of carbonyl (C=O) groups excluding carboxylic acids is 1. The van der Waals surface area contributed by atoms with Gasteiger partial charge >= 0.3 is 0 Å². The molecule has 1 atom stereocenters. The Kier molecular flexibility index (Phi) is 4.79. The molecular formula is C12H15ClO2. The summed E-state index contributed by atoms with van der Waals surface area (Å²) in [4.78, 5) is 10.5. The SMILES string of the molecule is COCc1ccc(Cl)cc1C(C)CC=O. The van der Waals surface area contributed by atoms with Gasteiger partial charge in [0.25, 0.3) is 0 Å². The van der Waals surface area contributed by atoms with E-state index in [4.69, 9.17) is 16.3 Å². The van der Waals surface area contributed by atoms with E-state index in [0.717, 1.165) is 17.4 Å². The molecule has 0 aliphatic rings. The minimum Gasteiger partial charge on any atom is -0.380 e. The van der Waals surface area contributed by atoms with Crippen molar-refractivity contribution in [2.24, 2.45) is 0 Å². The largest absolute Gasteiger partial charge is 0.380 e. The molecule has 0 bridgehead atoms. The number of halogens is 1. The zero-order valence-corrected chi connectivity index (χ0v) is 9.75. The maximum atomic E-state index is 10.5. The van der Waals surface area contributed by atoms with E-state index in [2.05, 4.69) is 0 Å². The van der Waals surface area contributed by atoms with Crippen molar-refractivity contribution in [3.05, 3.63) is 34.3 Å². The van der Waals surface area contributed by atoms with Crippen LogP contribution in [0.4, 0.5) is 0 Å². The van der Waals surface area contributed by atoms with Crippen LogP contribution >= 0.6 is 11.6 Å². The van der Waals surface area contributed by atoms with Gasteiger partial charge in [0.2, 0.25) is 0 Å². The second kappa shape index (κ2) is 5.89. The first-order valence-electron chi connectivity index (χ1n) is 4.90. The molecule has 15 heavy (non-hydrogen) atoms. The lowest BCUT2D eigenvalue weighted by Crippen LogP contribution is -2.01. The monoisotopic (exact) mass is 226 g/mol. The van der Waals surface area contributed by atoms with Gasteiger partial charge in [-0.15, -0.1) is 0 Å². The van der Waals surface area contributed by atoms with E-state index in [-0.39, 0.29) is 5.92 Å². The summed E-state index contributed by atoms with van der Waals surface area (Å²) in [6.45, 7) is 2.56. The summed E-state index contributed by atoms with van der Waals surface area (Å²) >= 11 is 5.93. The van der Waals surface area contributed by atoms with Crippen molar-refractivity contribution in [2.45, 2.75) is 25.9 Å². The summed E-state index contributed by atoms with van der Waals surface area (Å²) in [7, 11) is 1.66. The molecule has 0 radical (unpaired) electrons. The van der Waals surface area contributed by atoms with Crippen LogP contribution in [0.3, 0.4) is 0 Å². The van der Waals surface area contributed by atoms with Crippen LogP contribution in [0.15, 0.2) is 18.2 Å². The van der Waals surface area contributed by atoms with E-state index in [1.807, 2.05) is 25.1 Å². The smallest absolute Gasteiger partial charge is 0.120 e. The molecule has 0 spiro atoms. The first-order chi connectivity index (χ1) is 7.19. The van der Waals surface area contributed by atoms with E-state index in [9.17, 15) is 4.79 Å². The number of aldehydes is 1. The summed E-state index contributed by atoms with van der Waals surface area (Å²) in [5, 5.41) is 0.697. The number of benzene rings is 1. The molecule has 1 unspecified atom stereocenters. The summed E-state index contributed by atoms with van der Waals surface area (Å²) in [6.07, 6.45) is 1.44. The molecule has 0 fully saturated rings. The van der Waals surface area contributed by atoms with Crippen LogP contribution in [0.5, 0.6) is 0 Å². The van der Waals surface area contributed by atoms with E-state index < -0.39 is 0 Å². The number of ether oxygens (including phenoxy) is 1. The van der Waals surface area contributed by atoms with E-state index in [1.54, 1.807) is 7.11 Å². The van der Waals surface area contributed by atoms with Crippen LogP contribution in [0, 0.1) is 0 Å². The average molecular weight is 227 g/mol. The third-order valence-corrected chi connectivity index (χ3v) is 2.62. The quantitative estimate of drug-likeness (QED) is 0.721. The highest BCUT2D eigenvalue weighted by Gasteiger charge is 2.10. The molecule has 0 aliphatic heterocycles. The van der Waals surface area contributed by atoms with Crippen LogP contribution in [-0.4, -0.2) is 13.4 Å². The van der Waals surface area contributed by atoms with Crippen LogP contribution in [0.1, 0.15) is 30.4 Å². The van der Waals surface area contributed by atoms with Gasteiger partial charge in [0.1, 0.15) is 6.29 Å². The zero-order chi connectivity index (χ0) is 11.3. The molecule has 0 amide bonds. The second-order valence-electron chi connectivity index (χ2n) is 3.58. The van der Waals surface area contributed by atoms with E-state index in [0.29, 0.717) is 18.1 Å². The highest BCUT2D eigenvalue weighted by Crippen LogP contribution is 2.26. The molecule has 0 aromatic heterocycles. The highest BCUT2D eigenvalue weighted by atomic mass is 35.5. The fourth-order valence-electron chi connectivity index (χ4n) is 1.58. The Bertz CT molecular complexity index is 336. The topological polar surface area (TPSA) is 26.3 Å². The molecule has 0 heterocycles. The van der Waals surface area contributed by atoms with Crippen molar-refractivity contribution in [1.82, 2.24) is 0 Å². The molecule has 2 nitrogen and oxygen atoms in total. The fourth-order valence-corrected chi connectivity index (χ4v) is 1.76. The van der Waals surface area contributed by atoms with E-state index >= 15 is 0 Å². The van der Waals surface area contributed by atoms with Gasteiger partial charge < -0.3 is 9.53 Å². The maximum Gasteiger partial charge on any atom is 0.120 e. The van der Waals surface area contributed by atoms with Crippen molar-refractivity contribution < 1.29 is 9.53 Å². The molecule has 1 aromatic carbocycles. The first kappa shape index (κ1) is 12.2. The van der Waals surface area contributed by atoms with Gasteiger partial charge in [-0.25, -0.2) is 0 Å². The second-order valence-corrected chi connectivity index (χ2v) is 4.02. The standard InChI is InChI=1S/C12H15ClO2/c1-9(5-6-14)12-7-11(13)4-3-10(12)8-15-2/h3-4,6-7,9H,5,8H2,1-2H3. The lowest BCUT2D eigenvalue weighted by molar-refractivity contribution is -0.108. The summed E-state index contributed by atoms with van der Waals surface area (Å²) in [5.74, 6) is 0.186. The number of carbonyl (C=O) groups is 1. The van der Waals surface area contributed by atoms with Gasteiger partial charge in [0.05, 0.1) is 6.61 Å². The van der Waals surface area contributed by atoms with Crippen molar-refractivity contribution in [3.8, 4) is 0 Å². The Balaban J connectivity index is 3.00. The van der Waals surface area contributed by atoms with E-state index in [1.165, 1.54) is 0 Å². The summed E-state index contributed by atoms with van der Waals surface area (Å²) < 4.78 is 5.11. The molecule has 0 saturated heterocycles. The molecule has 1 rings (SSSR count).